The first-order valence-electron chi connectivity index (χ1n) is 2.53. The molecule has 0 aliphatic carbocycles. The Bertz CT molecular complexity index is 266. The maximum atomic E-state index is 5.66. The predicted molar refractivity (Wildman–Crippen MR) is 49.1 cm³/mol. The molecule has 0 saturated carbocycles. The molecular formula is C5H2Cl4N2. The normalized spacial score (nSPS) is 18.5. The van der Waals surface area contributed by atoms with Crippen LogP contribution in [0.5, 0.6) is 0 Å². The van der Waals surface area contributed by atoms with E-state index < -0.39 is 0 Å². The predicted octanol–water partition coefficient (Wildman–Crippen LogP) is 2.91. The van der Waals surface area contributed by atoms with Crippen LogP contribution in [0.2, 0.25) is 0 Å². The summed E-state index contributed by atoms with van der Waals surface area (Å²) < 4.78 is 0. The summed E-state index contributed by atoms with van der Waals surface area (Å²) in [5.41, 5.74) is 2.43. The van der Waals surface area contributed by atoms with Crippen LogP contribution in [-0.4, -0.2) is 6.21 Å². The van der Waals surface area contributed by atoms with Crippen LogP contribution in [0.25, 0.3) is 0 Å². The Hall–Kier alpha value is 0.110. The van der Waals surface area contributed by atoms with Gasteiger partial charge in [0.05, 0.1) is 21.3 Å². The van der Waals surface area contributed by atoms with Gasteiger partial charge < -0.3 is 0 Å². The quantitative estimate of drug-likeness (QED) is 0.638. The van der Waals surface area contributed by atoms with Gasteiger partial charge >= 0.3 is 0 Å². The molecule has 0 amide bonds. The van der Waals surface area contributed by atoms with Crippen molar-refractivity contribution in [1.82, 2.24) is 5.43 Å². The van der Waals surface area contributed by atoms with Gasteiger partial charge in [0.2, 0.25) is 0 Å². The van der Waals surface area contributed by atoms with E-state index >= 15 is 0 Å². The van der Waals surface area contributed by atoms with Gasteiger partial charge in [-0.25, -0.2) is 0 Å². The molecule has 1 rings (SSSR count). The molecule has 0 saturated heterocycles. The highest BCUT2D eigenvalue weighted by molar-refractivity contribution is 6.53. The highest BCUT2D eigenvalue weighted by atomic mass is 35.5. The van der Waals surface area contributed by atoms with E-state index in [1.165, 1.54) is 6.21 Å². The van der Waals surface area contributed by atoms with Gasteiger partial charge in [-0.3, -0.25) is 5.43 Å². The van der Waals surface area contributed by atoms with E-state index in [-0.39, 0.29) is 20.3 Å². The van der Waals surface area contributed by atoms with Gasteiger partial charge in [0, 0.05) is 0 Å². The Morgan fingerprint density at radius 1 is 1.09 bits per heavy atom. The molecule has 0 bridgehead atoms. The van der Waals surface area contributed by atoms with Crippen molar-refractivity contribution in [2.45, 2.75) is 0 Å². The Labute approximate surface area is 83.4 Å². The van der Waals surface area contributed by atoms with Crippen molar-refractivity contribution in [2.24, 2.45) is 5.10 Å². The molecule has 0 aromatic heterocycles. The van der Waals surface area contributed by atoms with Crippen molar-refractivity contribution in [1.29, 1.82) is 0 Å². The minimum Gasteiger partial charge on any atom is -0.266 e. The van der Waals surface area contributed by atoms with E-state index in [4.69, 9.17) is 46.4 Å². The van der Waals surface area contributed by atoms with Gasteiger partial charge in [-0.2, -0.15) is 5.10 Å². The fourth-order valence-corrected chi connectivity index (χ4v) is 1.12. The van der Waals surface area contributed by atoms with Gasteiger partial charge in [0.1, 0.15) is 5.16 Å². The second kappa shape index (κ2) is 3.68. The molecule has 1 N–H and O–H groups in total. The lowest BCUT2D eigenvalue weighted by atomic mass is 10.5. The second-order valence-electron chi connectivity index (χ2n) is 1.66. The average molecular weight is 232 g/mol. The van der Waals surface area contributed by atoms with E-state index in [0.717, 1.165) is 0 Å². The second-order valence-corrected chi connectivity index (χ2v) is 3.20. The molecular weight excluding hydrogens is 230 g/mol. The van der Waals surface area contributed by atoms with Crippen LogP contribution in [-0.2, 0) is 0 Å². The summed E-state index contributed by atoms with van der Waals surface area (Å²) in [7, 11) is 0. The van der Waals surface area contributed by atoms with Crippen LogP contribution < -0.4 is 5.43 Å². The van der Waals surface area contributed by atoms with Gasteiger partial charge in [0.25, 0.3) is 0 Å². The third-order valence-electron chi connectivity index (χ3n) is 0.936. The van der Waals surface area contributed by atoms with E-state index in [0.29, 0.717) is 0 Å². The first kappa shape index (κ1) is 9.20. The first-order chi connectivity index (χ1) is 5.13. The maximum absolute atomic E-state index is 5.66. The van der Waals surface area contributed by atoms with Crippen molar-refractivity contribution in [3.63, 3.8) is 0 Å². The molecule has 0 aromatic rings. The molecule has 0 spiro atoms. The average Bonchev–Trinajstić information content (AvgIpc) is 2.07. The standard InChI is InChI=1S/C5H2Cl4N2/c6-2-1-10-11-5(9)4(8)3(2)7/h1,11H. The van der Waals surface area contributed by atoms with Gasteiger partial charge in [-0.1, -0.05) is 46.4 Å². The molecule has 1 aliphatic heterocycles. The van der Waals surface area contributed by atoms with Crippen LogP contribution in [0.1, 0.15) is 0 Å². The third-order valence-corrected chi connectivity index (χ3v) is 2.56. The lowest BCUT2D eigenvalue weighted by Gasteiger charge is -1.97. The molecule has 0 radical (unpaired) electrons. The minimum atomic E-state index is 0.156. The SMILES string of the molecule is ClC1=C(Cl)C(Cl)=C(Cl)NN=C1. The molecule has 6 heteroatoms. The summed E-state index contributed by atoms with van der Waals surface area (Å²) >= 11 is 22.5. The number of hydrogen-bond donors (Lipinski definition) is 1. The summed E-state index contributed by atoms with van der Waals surface area (Å²) in [6, 6.07) is 0. The first-order valence-corrected chi connectivity index (χ1v) is 4.04. The molecule has 1 heterocycles. The highest BCUT2D eigenvalue weighted by Crippen LogP contribution is 2.28. The zero-order valence-electron chi connectivity index (χ0n) is 5.04. The minimum absolute atomic E-state index is 0.156. The van der Waals surface area contributed by atoms with Crippen LogP contribution in [0.15, 0.2) is 25.4 Å². The fourth-order valence-electron chi connectivity index (χ4n) is 0.453. The summed E-state index contributed by atoms with van der Waals surface area (Å²) in [5, 5.41) is 4.37. The van der Waals surface area contributed by atoms with E-state index in [2.05, 4.69) is 10.5 Å². The zero-order chi connectivity index (χ0) is 8.43. The van der Waals surface area contributed by atoms with Gasteiger partial charge in [-0.05, 0) is 0 Å². The number of nitrogens with one attached hydrogen (secondary N) is 1. The Balaban J connectivity index is 3.15. The highest BCUT2D eigenvalue weighted by Gasteiger charge is 2.11. The number of hydrazone groups is 1. The largest absolute Gasteiger partial charge is 0.266 e. The molecule has 11 heavy (non-hydrogen) atoms. The third kappa shape index (κ3) is 2.03. The monoisotopic (exact) mass is 230 g/mol. The summed E-state index contributed by atoms with van der Waals surface area (Å²) in [6.45, 7) is 0. The Morgan fingerprint density at radius 2 is 1.73 bits per heavy atom. The lowest BCUT2D eigenvalue weighted by molar-refractivity contribution is 0.954. The van der Waals surface area contributed by atoms with Gasteiger partial charge in [0.15, 0.2) is 0 Å². The van der Waals surface area contributed by atoms with Crippen LogP contribution in [0, 0.1) is 0 Å². The van der Waals surface area contributed by atoms with Crippen molar-refractivity contribution in [3.05, 3.63) is 20.3 Å². The number of nitrogens with zero attached hydrogens (tertiary/aromatic N) is 1. The Kier molecular flexibility index (Phi) is 3.07. The van der Waals surface area contributed by atoms with Crippen LogP contribution in [0.4, 0.5) is 0 Å². The van der Waals surface area contributed by atoms with E-state index in [1.54, 1.807) is 0 Å². The number of allylic oxidation sites excluding steroid dienone is 3. The van der Waals surface area contributed by atoms with Crippen molar-refractivity contribution < 1.29 is 0 Å². The van der Waals surface area contributed by atoms with Crippen molar-refractivity contribution in [3.8, 4) is 0 Å². The molecule has 1 aliphatic rings. The molecule has 60 valence electrons. The lowest BCUT2D eigenvalue weighted by Crippen LogP contribution is -1.99. The molecule has 0 fully saturated rings. The summed E-state index contributed by atoms with van der Waals surface area (Å²) in [5.74, 6) is 0. The van der Waals surface area contributed by atoms with Gasteiger partial charge in [-0.15, -0.1) is 0 Å². The smallest absolute Gasteiger partial charge is 0.142 e. The van der Waals surface area contributed by atoms with E-state index in [1.807, 2.05) is 0 Å². The van der Waals surface area contributed by atoms with Crippen molar-refractivity contribution in [2.75, 3.05) is 0 Å². The molecule has 2 nitrogen and oxygen atoms in total. The van der Waals surface area contributed by atoms with Crippen LogP contribution >= 0.6 is 46.4 Å². The van der Waals surface area contributed by atoms with Crippen LogP contribution in [0.3, 0.4) is 0 Å². The summed E-state index contributed by atoms with van der Waals surface area (Å²) in [4.78, 5) is 0. The fraction of sp³-hybridized carbons (Fsp3) is 0. The van der Waals surface area contributed by atoms with Crippen molar-refractivity contribution >= 4 is 52.6 Å². The number of rotatable bonds is 0. The number of halogens is 4. The van der Waals surface area contributed by atoms with E-state index in [9.17, 15) is 0 Å². The maximum Gasteiger partial charge on any atom is 0.142 e. The molecule has 0 atom stereocenters. The Morgan fingerprint density at radius 3 is 2.36 bits per heavy atom. The molecule has 0 aromatic carbocycles. The topological polar surface area (TPSA) is 24.4 Å². The molecule has 0 unspecified atom stereocenters. The number of hydrogen-bond acceptors (Lipinski definition) is 2. The summed E-state index contributed by atoms with van der Waals surface area (Å²) in [6.07, 6.45) is 1.32. The zero-order valence-corrected chi connectivity index (χ0v) is 8.06.